The van der Waals surface area contributed by atoms with E-state index in [0.717, 1.165) is 36.1 Å². The lowest BCUT2D eigenvalue weighted by Gasteiger charge is -2.34. The van der Waals surface area contributed by atoms with Crippen molar-refractivity contribution in [2.24, 2.45) is 0 Å². The van der Waals surface area contributed by atoms with Crippen LogP contribution in [0.1, 0.15) is 16.1 Å². The van der Waals surface area contributed by atoms with Crippen molar-refractivity contribution >= 4 is 27.7 Å². The number of para-hydroxylation sites is 2. The molecule has 6 heteroatoms. The average molecular weight is 371 g/mol. The van der Waals surface area contributed by atoms with Crippen LogP contribution in [0.15, 0.2) is 60.8 Å². The second-order valence-electron chi connectivity index (χ2n) is 7.18. The highest BCUT2D eigenvalue weighted by molar-refractivity contribution is 6.04. The number of amides is 1. The first kappa shape index (κ1) is 16.9. The number of H-pyrrole nitrogens is 1. The molecule has 1 aliphatic rings. The number of pyridine rings is 1. The summed E-state index contributed by atoms with van der Waals surface area (Å²) in [6.45, 7) is 3.95. The van der Waals surface area contributed by atoms with Crippen LogP contribution in [0.25, 0.3) is 21.8 Å². The van der Waals surface area contributed by atoms with E-state index in [1.807, 2.05) is 41.4 Å². The standard InChI is InChI=1S/C22H21N5O/c28-22(21-18-8-1-2-9-19(18)24-25-21)27-13-11-26(12-14-27)15-17-6-3-5-16-7-4-10-23-20(16)17/h1-10H,11-15H2,(H,24,25). The second kappa shape index (κ2) is 7.05. The van der Waals surface area contributed by atoms with Gasteiger partial charge < -0.3 is 4.90 Å². The van der Waals surface area contributed by atoms with Gasteiger partial charge in [0.15, 0.2) is 5.69 Å². The molecule has 1 amide bonds. The molecule has 0 radical (unpaired) electrons. The Hall–Kier alpha value is -3.25. The molecular formula is C22H21N5O. The van der Waals surface area contributed by atoms with Crippen molar-refractivity contribution in [2.45, 2.75) is 6.54 Å². The molecule has 0 unspecified atom stereocenters. The molecule has 1 aliphatic heterocycles. The van der Waals surface area contributed by atoms with Crippen molar-refractivity contribution in [3.8, 4) is 0 Å². The molecule has 6 nitrogen and oxygen atoms in total. The van der Waals surface area contributed by atoms with Gasteiger partial charge in [-0.2, -0.15) is 5.10 Å². The van der Waals surface area contributed by atoms with E-state index in [2.05, 4.69) is 44.3 Å². The number of hydrogen-bond acceptors (Lipinski definition) is 4. The molecule has 140 valence electrons. The monoisotopic (exact) mass is 371 g/mol. The number of aromatic amines is 1. The smallest absolute Gasteiger partial charge is 0.275 e. The lowest BCUT2D eigenvalue weighted by atomic mass is 10.1. The number of carbonyl (C=O) groups is 1. The normalized spacial score (nSPS) is 15.4. The Morgan fingerprint density at radius 2 is 1.79 bits per heavy atom. The minimum Gasteiger partial charge on any atom is -0.335 e. The van der Waals surface area contributed by atoms with Gasteiger partial charge in [-0.05, 0) is 17.7 Å². The average Bonchev–Trinajstić information content (AvgIpc) is 3.18. The summed E-state index contributed by atoms with van der Waals surface area (Å²) in [6, 6.07) is 18.1. The van der Waals surface area contributed by atoms with E-state index in [4.69, 9.17) is 0 Å². The van der Waals surface area contributed by atoms with Crippen LogP contribution in [0, 0.1) is 0 Å². The number of aromatic nitrogens is 3. The molecular weight excluding hydrogens is 350 g/mol. The fourth-order valence-electron chi connectivity index (χ4n) is 3.92. The van der Waals surface area contributed by atoms with Crippen LogP contribution < -0.4 is 0 Å². The van der Waals surface area contributed by atoms with Crippen molar-refractivity contribution in [1.82, 2.24) is 25.0 Å². The zero-order valence-corrected chi connectivity index (χ0v) is 15.5. The molecule has 0 aliphatic carbocycles. The summed E-state index contributed by atoms with van der Waals surface area (Å²) < 4.78 is 0. The van der Waals surface area contributed by atoms with Crippen molar-refractivity contribution < 1.29 is 4.79 Å². The molecule has 1 N–H and O–H groups in total. The molecule has 1 fully saturated rings. The molecule has 4 aromatic rings. The molecule has 0 bridgehead atoms. The Labute approximate surface area is 162 Å². The summed E-state index contributed by atoms with van der Waals surface area (Å²) in [7, 11) is 0. The van der Waals surface area contributed by atoms with Gasteiger partial charge in [0.05, 0.1) is 11.0 Å². The van der Waals surface area contributed by atoms with Crippen LogP contribution in [-0.4, -0.2) is 57.1 Å². The van der Waals surface area contributed by atoms with Crippen LogP contribution in [0.2, 0.25) is 0 Å². The van der Waals surface area contributed by atoms with E-state index in [1.54, 1.807) is 0 Å². The molecule has 2 aromatic heterocycles. The van der Waals surface area contributed by atoms with Gasteiger partial charge in [0.2, 0.25) is 0 Å². The first-order chi connectivity index (χ1) is 13.8. The first-order valence-electron chi connectivity index (χ1n) is 9.57. The molecule has 0 saturated carbocycles. The van der Waals surface area contributed by atoms with Crippen molar-refractivity contribution in [1.29, 1.82) is 0 Å². The third-order valence-corrected chi connectivity index (χ3v) is 5.44. The van der Waals surface area contributed by atoms with Crippen molar-refractivity contribution in [2.75, 3.05) is 26.2 Å². The van der Waals surface area contributed by atoms with Crippen LogP contribution in [0.3, 0.4) is 0 Å². The number of benzene rings is 2. The molecule has 0 spiro atoms. The Morgan fingerprint density at radius 3 is 2.68 bits per heavy atom. The lowest BCUT2D eigenvalue weighted by Crippen LogP contribution is -2.48. The third kappa shape index (κ3) is 3.01. The molecule has 2 aromatic carbocycles. The van der Waals surface area contributed by atoms with Crippen LogP contribution in [0.5, 0.6) is 0 Å². The lowest BCUT2D eigenvalue weighted by molar-refractivity contribution is 0.0625. The summed E-state index contributed by atoms with van der Waals surface area (Å²) >= 11 is 0. The van der Waals surface area contributed by atoms with Gasteiger partial charge >= 0.3 is 0 Å². The van der Waals surface area contributed by atoms with E-state index >= 15 is 0 Å². The van der Waals surface area contributed by atoms with E-state index in [0.29, 0.717) is 18.8 Å². The number of nitrogens with zero attached hydrogens (tertiary/aromatic N) is 4. The number of rotatable bonds is 3. The minimum absolute atomic E-state index is 0.00364. The van der Waals surface area contributed by atoms with E-state index < -0.39 is 0 Å². The highest BCUT2D eigenvalue weighted by atomic mass is 16.2. The summed E-state index contributed by atoms with van der Waals surface area (Å²) in [5.41, 5.74) is 3.71. The number of hydrogen-bond donors (Lipinski definition) is 1. The van der Waals surface area contributed by atoms with E-state index in [9.17, 15) is 4.79 Å². The van der Waals surface area contributed by atoms with Crippen molar-refractivity contribution in [3.63, 3.8) is 0 Å². The Kier molecular flexibility index (Phi) is 4.25. The fraction of sp³-hybridized carbons (Fsp3) is 0.227. The fourth-order valence-corrected chi connectivity index (χ4v) is 3.92. The quantitative estimate of drug-likeness (QED) is 0.601. The maximum Gasteiger partial charge on any atom is 0.275 e. The Balaban J connectivity index is 1.28. The zero-order valence-electron chi connectivity index (χ0n) is 15.5. The molecule has 1 saturated heterocycles. The molecule has 0 atom stereocenters. The van der Waals surface area contributed by atoms with Crippen LogP contribution in [0.4, 0.5) is 0 Å². The number of fused-ring (bicyclic) bond motifs is 2. The van der Waals surface area contributed by atoms with Crippen LogP contribution in [-0.2, 0) is 6.54 Å². The topological polar surface area (TPSA) is 65.1 Å². The van der Waals surface area contributed by atoms with Gasteiger partial charge in [0.1, 0.15) is 0 Å². The third-order valence-electron chi connectivity index (χ3n) is 5.44. The summed E-state index contributed by atoms with van der Waals surface area (Å²) in [5.74, 6) is 0.00364. The van der Waals surface area contributed by atoms with Crippen molar-refractivity contribution in [3.05, 3.63) is 72.1 Å². The number of carbonyl (C=O) groups excluding carboxylic acids is 1. The number of nitrogens with one attached hydrogen (secondary N) is 1. The Bertz CT molecular complexity index is 1140. The second-order valence-corrected chi connectivity index (χ2v) is 7.18. The summed E-state index contributed by atoms with van der Waals surface area (Å²) in [4.78, 5) is 21.8. The van der Waals surface area contributed by atoms with Gasteiger partial charge in [-0.1, -0.05) is 42.5 Å². The van der Waals surface area contributed by atoms with Gasteiger partial charge in [-0.25, -0.2) is 0 Å². The van der Waals surface area contributed by atoms with Gasteiger partial charge in [-0.15, -0.1) is 0 Å². The maximum atomic E-state index is 12.9. The van der Waals surface area contributed by atoms with Gasteiger partial charge in [-0.3, -0.25) is 19.8 Å². The maximum absolute atomic E-state index is 12.9. The predicted octanol–water partition coefficient (Wildman–Crippen LogP) is 3.07. The largest absolute Gasteiger partial charge is 0.335 e. The van der Waals surface area contributed by atoms with Crippen LogP contribution >= 0.6 is 0 Å². The summed E-state index contributed by atoms with van der Waals surface area (Å²) in [6.07, 6.45) is 1.84. The SMILES string of the molecule is O=C(c1n[nH]c2ccccc12)N1CCN(Cc2cccc3cccnc23)CC1. The van der Waals surface area contributed by atoms with Gasteiger partial charge in [0.25, 0.3) is 5.91 Å². The van der Waals surface area contributed by atoms with E-state index in [1.165, 1.54) is 10.9 Å². The molecule has 5 rings (SSSR count). The molecule has 28 heavy (non-hydrogen) atoms. The molecule has 3 heterocycles. The summed E-state index contributed by atoms with van der Waals surface area (Å²) in [5, 5.41) is 9.26. The first-order valence-corrected chi connectivity index (χ1v) is 9.57. The van der Waals surface area contributed by atoms with E-state index in [-0.39, 0.29) is 5.91 Å². The highest BCUT2D eigenvalue weighted by Gasteiger charge is 2.25. The zero-order chi connectivity index (χ0) is 18.9. The highest BCUT2D eigenvalue weighted by Crippen LogP contribution is 2.20. The number of piperazine rings is 1. The Morgan fingerprint density at radius 1 is 0.964 bits per heavy atom. The minimum atomic E-state index is 0.00364. The van der Waals surface area contributed by atoms with Gasteiger partial charge in [0, 0.05) is 49.7 Å². The predicted molar refractivity (Wildman–Crippen MR) is 109 cm³/mol.